The summed E-state index contributed by atoms with van der Waals surface area (Å²) in [6, 6.07) is 0. The Morgan fingerprint density at radius 1 is 1.21 bits per heavy atom. The first-order valence-corrected chi connectivity index (χ1v) is 7.29. The predicted molar refractivity (Wildman–Crippen MR) is 74.5 cm³/mol. The minimum Gasteiger partial charge on any atom is -0.354 e. The van der Waals surface area contributed by atoms with Crippen LogP contribution in [0.15, 0.2) is 17.8 Å². The Bertz CT molecular complexity index is 473. The van der Waals surface area contributed by atoms with E-state index in [2.05, 4.69) is 44.2 Å². The van der Waals surface area contributed by atoms with Gasteiger partial charge >= 0.3 is 0 Å². The molecule has 0 bridgehead atoms. The zero-order valence-corrected chi connectivity index (χ0v) is 11.9. The van der Waals surface area contributed by atoms with Crippen molar-refractivity contribution in [3.05, 3.63) is 12.7 Å². The lowest BCUT2D eigenvalue weighted by Crippen LogP contribution is -2.10. The van der Waals surface area contributed by atoms with Crippen molar-refractivity contribution < 1.29 is 0 Å². The summed E-state index contributed by atoms with van der Waals surface area (Å²) >= 11 is 1.62. The van der Waals surface area contributed by atoms with Crippen LogP contribution in [0.25, 0.3) is 5.95 Å². The Kier molecular flexibility index (Phi) is 5.08. The predicted octanol–water partition coefficient (Wildman–Crippen LogP) is 1.78. The summed E-state index contributed by atoms with van der Waals surface area (Å²) in [5.74, 6) is 2.05. The van der Waals surface area contributed by atoms with Crippen molar-refractivity contribution in [2.75, 3.05) is 17.6 Å². The van der Waals surface area contributed by atoms with Gasteiger partial charge in [0.15, 0.2) is 5.16 Å². The Labute approximate surface area is 116 Å². The maximum Gasteiger partial charge on any atom is 0.257 e. The van der Waals surface area contributed by atoms with Gasteiger partial charge in [-0.05, 0) is 12.8 Å². The van der Waals surface area contributed by atoms with Crippen LogP contribution in [0.4, 0.5) is 5.95 Å². The van der Waals surface area contributed by atoms with Gasteiger partial charge in [-0.3, -0.25) is 0 Å². The third-order valence-electron chi connectivity index (χ3n) is 2.20. The Hall–Kier alpha value is -1.70. The molecule has 0 atom stereocenters. The first-order valence-electron chi connectivity index (χ1n) is 6.31. The third-order valence-corrected chi connectivity index (χ3v) is 3.25. The maximum atomic E-state index is 4.39. The first kappa shape index (κ1) is 13.7. The summed E-state index contributed by atoms with van der Waals surface area (Å²) in [5.41, 5.74) is 0. The molecule has 19 heavy (non-hydrogen) atoms. The molecule has 102 valence electrons. The summed E-state index contributed by atoms with van der Waals surface area (Å²) in [6.07, 6.45) is 5.13. The van der Waals surface area contributed by atoms with Gasteiger partial charge in [0.05, 0.1) is 0 Å². The summed E-state index contributed by atoms with van der Waals surface area (Å²) in [5, 5.41) is 7.93. The standard InChI is InChI=1S/C11H17N7S/c1-3-5-13-9-15-10(18-8-12-7-14-18)17-11(16-9)19-6-4-2/h7-8H,3-6H2,1-2H3,(H,13,15,16,17). The largest absolute Gasteiger partial charge is 0.354 e. The van der Waals surface area contributed by atoms with Crippen molar-refractivity contribution in [2.45, 2.75) is 31.8 Å². The molecule has 2 aromatic heterocycles. The molecule has 0 radical (unpaired) electrons. The molecular formula is C11H17N7S. The van der Waals surface area contributed by atoms with Crippen LogP contribution in [0, 0.1) is 0 Å². The van der Waals surface area contributed by atoms with E-state index in [9.17, 15) is 0 Å². The fourth-order valence-corrected chi connectivity index (χ4v) is 2.02. The van der Waals surface area contributed by atoms with E-state index in [-0.39, 0.29) is 0 Å². The molecule has 0 amide bonds. The van der Waals surface area contributed by atoms with E-state index < -0.39 is 0 Å². The number of aromatic nitrogens is 6. The number of hydrogen-bond donors (Lipinski definition) is 1. The molecule has 0 saturated heterocycles. The van der Waals surface area contributed by atoms with Crippen molar-refractivity contribution in [1.82, 2.24) is 29.7 Å². The van der Waals surface area contributed by atoms with Gasteiger partial charge in [-0.25, -0.2) is 4.98 Å². The van der Waals surface area contributed by atoms with E-state index in [0.29, 0.717) is 17.1 Å². The molecule has 0 unspecified atom stereocenters. The van der Waals surface area contributed by atoms with E-state index in [1.165, 1.54) is 11.0 Å². The quantitative estimate of drug-likeness (QED) is 0.773. The third kappa shape index (κ3) is 3.88. The number of nitrogens with one attached hydrogen (secondary N) is 1. The lowest BCUT2D eigenvalue weighted by molar-refractivity contribution is 0.756. The van der Waals surface area contributed by atoms with Crippen LogP contribution >= 0.6 is 11.8 Å². The molecule has 0 aliphatic rings. The number of anilines is 1. The van der Waals surface area contributed by atoms with E-state index in [4.69, 9.17) is 0 Å². The van der Waals surface area contributed by atoms with Crippen LogP contribution in [0.2, 0.25) is 0 Å². The molecule has 0 aliphatic carbocycles. The number of nitrogens with zero attached hydrogens (tertiary/aromatic N) is 6. The molecule has 0 aromatic carbocycles. The lowest BCUT2D eigenvalue weighted by Gasteiger charge is -2.07. The SMILES string of the molecule is CCCNc1nc(SCCC)nc(-n2cncn2)n1. The first-order chi connectivity index (χ1) is 9.33. The Morgan fingerprint density at radius 2 is 2.11 bits per heavy atom. The van der Waals surface area contributed by atoms with Gasteiger partial charge in [-0.1, -0.05) is 25.6 Å². The lowest BCUT2D eigenvalue weighted by atomic mass is 10.5. The van der Waals surface area contributed by atoms with Crippen LogP contribution in [-0.2, 0) is 0 Å². The highest BCUT2D eigenvalue weighted by Gasteiger charge is 2.08. The second-order valence-electron chi connectivity index (χ2n) is 3.86. The van der Waals surface area contributed by atoms with Crippen LogP contribution < -0.4 is 5.32 Å². The van der Waals surface area contributed by atoms with Gasteiger partial charge in [-0.2, -0.15) is 24.7 Å². The second-order valence-corrected chi connectivity index (χ2v) is 4.92. The average Bonchev–Trinajstić information content (AvgIpc) is 2.97. The van der Waals surface area contributed by atoms with E-state index in [0.717, 1.165) is 25.1 Å². The number of thioether (sulfide) groups is 1. The Morgan fingerprint density at radius 3 is 2.79 bits per heavy atom. The number of hydrogen-bond acceptors (Lipinski definition) is 7. The van der Waals surface area contributed by atoms with Crippen LogP contribution in [0.3, 0.4) is 0 Å². The fourth-order valence-electron chi connectivity index (χ4n) is 1.33. The number of rotatable bonds is 7. The normalized spacial score (nSPS) is 10.6. The molecule has 0 aliphatic heterocycles. The van der Waals surface area contributed by atoms with Crippen LogP contribution in [-0.4, -0.2) is 42.0 Å². The molecule has 7 nitrogen and oxygen atoms in total. The fraction of sp³-hybridized carbons (Fsp3) is 0.545. The summed E-state index contributed by atoms with van der Waals surface area (Å²) in [4.78, 5) is 17.0. The van der Waals surface area contributed by atoms with Crippen molar-refractivity contribution in [3.8, 4) is 5.95 Å². The van der Waals surface area contributed by atoms with Crippen LogP contribution in [0.1, 0.15) is 26.7 Å². The molecule has 2 heterocycles. The molecule has 2 aromatic rings. The average molecular weight is 279 g/mol. The van der Waals surface area contributed by atoms with E-state index >= 15 is 0 Å². The van der Waals surface area contributed by atoms with Crippen molar-refractivity contribution in [3.63, 3.8) is 0 Å². The smallest absolute Gasteiger partial charge is 0.257 e. The van der Waals surface area contributed by atoms with Gasteiger partial charge in [0, 0.05) is 12.3 Å². The van der Waals surface area contributed by atoms with Crippen molar-refractivity contribution in [1.29, 1.82) is 0 Å². The van der Waals surface area contributed by atoms with E-state index in [1.54, 1.807) is 18.1 Å². The molecule has 8 heteroatoms. The molecule has 0 fully saturated rings. The molecule has 2 rings (SSSR count). The van der Waals surface area contributed by atoms with Crippen molar-refractivity contribution >= 4 is 17.7 Å². The topological polar surface area (TPSA) is 81.4 Å². The van der Waals surface area contributed by atoms with Gasteiger partial charge in [-0.15, -0.1) is 0 Å². The van der Waals surface area contributed by atoms with Gasteiger partial charge in [0.2, 0.25) is 5.95 Å². The van der Waals surface area contributed by atoms with E-state index in [1.807, 2.05) is 0 Å². The zero-order valence-electron chi connectivity index (χ0n) is 11.1. The van der Waals surface area contributed by atoms with Gasteiger partial charge < -0.3 is 5.32 Å². The summed E-state index contributed by atoms with van der Waals surface area (Å²) in [7, 11) is 0. The van der Waals surface area contributed by atoms with Gasteiger partial charge in [0.25, 0.3) is 5.95 Å². The summed E-state index contributed by atoms with van der Waals surface area (Å²) < 4.78 is 1.54. The highest BCUT2D eigenvalue weighted by Crippen LogP contribution is 2.16. The molecule has 0 saturated carbocycles. The second kappa shape index (κ2) is 7.03. The maximum absolute atomic E-state index is 4.39. The minimum atomic E-state index is 0.490. The minimum absolute atomic E-state index is 0.490. The highest BCUT2D eigenvalue weighted by atomic mass is 32.2. The summed E-state index contributed by atoms with van der Waals surface area (Å²) in [6.45, 7) is 5.06. The molecule has 0 spiro atoms. The van der Waals surface area contributed by atoms with Crippen LogP contribution in [0.5, 0.6) is 0 Å². The highest BCUT2D eigenvalue weighted by molar-refractivity contribution is 7.99. The van der Waals surface area contributed by atoms with Gasteiger partial charge in [0.1, 0.15) is 12.7 Å². The molecular weight excluding hydrogens is 262 g/mol. The Balaban J connectivity index is 2.25. The molecule has 1 N–H and O–H groups in total. The van der Waals surface area contributed by atoms with Crippen molar-refractivity contribution in [2.24, 2.45) is 0 Å². The zero-order chi connectivity index (χ0) is 13.5. The monoisotopic (exact) mass is 279 g/mol.